The van der Waals surface area contributed by atoms with Crippen LogP contribution in [0.1, 0.15) is 113 Å². The molecule has 12 unspecified atom stereocenters. The molecular weight excluding hydrogens is 572 g/mol. The number of allylic oxidation sites excluding steroid dienone is 3. The highest BCUT2D eigenvalue weighted by atomic mass is 16.7. The van der Waals surface area contributed by atoms with Crippen LogP contribution in [0.15, 0.2) is 23.3 Å². The zero-order valence-corrected chi connectivity index (χ0v) is 28.7. The van der Waals surface area contributed by atoms with E-state index < -0.39 is 49.2 Å². The lowest BCUT2D eigenvalue weighted by Gasteiger charge is -2.62. The van der Waals surface area contributed by atoms with E-state index in [-0.39, 0.29) is 39.6 Å². The van der Waals surface area contributed by atoms with Crippen molar-refractivity contribution in [1.29, 1.82) is 0 Å². The molecule has 1 saturated heterocycles. The molecule has 1 heterocycles. The molecule has 5 N–H and O–H groups in total. The van der Waals surface area contributed by atoms with E-state index in [2.05, 4.69) is 55.0 Å². The van der Waals surface area contributed by atoms with Crippen molar-refractivity contribution in [2.45, 2.75) is 149 Å². The molecule has 1 aliphatic heterocycles. The third-order valence-electron chi connectivity index (χ3n) is 14.3. The molecule has 0 aromatic carbocycles. The van der Waals surface area contributed by atoms with E-state index in [1.54, 1.807) is 11.1 Å². The third-order valence-corrected chi connectivity index (χ3v) is 14.3. The molecule has 0 aromatic rings. The van der Waals surface area contributed by atoms with Crippen LogP contribution in [0.5, 0.6) is 0 Å². The molecule has 3 fully saturated rings. The molecule has 8 heteroatoms. The summed E-state index contributed by atoms with van der Waals surface area (Å²) in [5, 5.41) is 52.3. The quantitative estimate of drug-likeness (QED) is 0.185. The van der Waals surface area contributed by atoms with E-state index >= 15 is 0 Å². The molecule has 8 nitrogen and oxygen atoms in total. The predicted molar refractivity (Wildman–Crippen MR) is 172 cm³/mol. The van der Waals surface area contributed by atoms with Gasteiger partial charge in [-0.25, -0.2) is 0 Å². The minimum absolute atomic E-state index is 0.0352. The van der Waals surface area contributed by atoms with E-state index in [1.807, 2.05) is 0 Å². The van der Waals surface area contributed by atoms with E-state index in [4.69, 9.17) is 9.47 Å². The minimum Gasteiger partial charge on any atom is -0.454 e. The zero-order valence-electron chi connectivity index (χ0n) is 28.7. The highest BCUT2D eigenvalue weighted by molar-refractivity contribution is 5.73. The SMILES string of the molecule is C=C(CCC(C(=O)OC1C(O)OC(CO)C(O)C1O)C1CCC2(C)C3=C(CCC12C)C1(C)CCC(O)C(C)(C)C1CC3)C(C)C. The molecule has 0 radical (unpaired) electrons. The zero-order chi connectivity index (χ0) is 33.3. The van der Waals surface area contributed by atoms with Gasteiger partial charge in [-0.2, -0.15) is 0 Å². The second-order valence-corrected chi connectivity index (χ2v) is 16.8. The van der Waals surface area contributed by atoms with Gasteiger partial charge in [0.2, 0.25) is 0 Å². The van der Waals surface area contributed by atoms with E-state index in [0.717, 1.165) is 56.9 Å². The van der Waals surface area contributed by atoms with Gasteiger partial charge in [0.15, 0.2) is 12.4 Å². The van der Waals surface area contributed by atoms with Crippen LogP contribution < -0.4 is 0 Å². The third kappa shape index (κ3) is 5.47. The van der Waals surface area contributed by atoms with Crippen LogP contribution >= 0.6 is 0 Å². The minimum atomic E-state index is -1.66. The fourth-order valence-corrected chi connectivity index (χ4v) is 10.9. The van der Waals surface area contributed by atoms with Crippen molar-refractivity contribution in [2.75, 3.05) is 6.61 Å². The highest BCUT2D eigenvalue weighted by Crippen LogP contribution is 2.72. The molecule has 2 saturated carbocycles. The van der Waals surface area contributed by atoms with E-state index in [0.29, 0.717) is 18.8 Å². The maximum Gasteiger partial charge on any atom is 0.309 e. The molecule has 256 valence electrons. The Morgan fingerprint density at radius 2 is 1.64 bits per heavy atom. The summed E-state index contributed by atoms with van der Waals surface area (Å²) < 4.78 is 11.2. The number of carbonyl (C=O) groups excluding carboxylic acids is 1. The van der Waals surface area contributed by atoms with Gasteiger partial charge in [0.1, 0.15) is 18.3 Å². The number of aliphatic hydroxyl groups is 5. The largest absolute Gasteiger partial charge is 0.454 e. The Kier molecular flexibility index (Phi) is 9.58. The Balaban J connectivity index is 1.45. The Labute approximate surface area is 270 Å². The topological polar surface area (TPSA) is 137 Å². The maximum absolute atomic E-state index is 14.2. The Bertz CT molecular complexity index is 1180. The number of esters is 1. The maximum atomic E-state index is 14.2. The van der Waals surface area contributed by atoms with Crippen LogP contribution in [0, 0.1) is 45.3 Å². The second-order valence-electron chi connectivity index (χ2n) is 16.8. The Hall–Kier alpha value is -1.29. The molecule has 12 atom stereocenters. The van der Waals surface area contributed by atoms with Crippen molar-refractivity contribution in [3.8, 4) is 0 Å². The van der Waals surface area contributed by atoms with Gasteiger partial charge >= 0.3 is 5.97 Å². The molecule has 4 aliphatic carbocycles. The fourth-order valence-electron chi connectivity index (χ4n) is 10.9. The standard InChI is InChI=1S/C37H60O8/c1-20(2)21(3)9-10-22(32(42)45-31-30(41)29(40)26(19-38)44-33(31)43)23-13-17-37(8)25-11-12-27-34(4,5)28(39)15-16-35(27,6)24(25)14-18-36(23,37)7/h20,22-23,26-31,33,38-41,43H,3,9-19H2,1-2,4-8H3. The van der Waals surface area contributed by atoms with Crippen molar-refractivity contribution in [1.82, 2.24) is 0 Å². The monoisotopic (exact) mass is 632 g/mol. The first-order valence-corrected chi connectivity index (χ1v) is 17.5. The van der Waals surface area contributed by atoms with Crippen LogP contribution in [-0.4, -0.2) is 74.9 Å². The van der Waals surface area contributed by atoms with Crippen molar-refractivity contribution in [2.24, 2.45) is 45.3 Å². The number of ether oxygens (including phenoxy) is 2. The van der Waals surface area contributed by atoms with Gasteiger partial charge in [-0.05, 0) is 104 Å². The van der Waals surface area contributed by atoms with Gasteiger partial charge in [0, 0.05) is 0 Å². The molecular formula is C37H60O8. The predicted octanol–water partition coefficient (Wildman–Crippen LogP) is 5.05. The molecule has 0 bridgehead atoms. The summed E-state index contributed by atoms with van der Waals surface area (Å²) in [6.45, 7) is 19.7. The molecule has 45 heavy (non-hydrogen) atoms. The summed E-state index contributed by atoms with van der Waals surface area (Å²) in [5.74, 6) is -0.199. The van der Waals surface area contributed by atoms with Gasteiger partial charge in [-0.3, -0.25) is 4.79 Å². The second kappa shape index (κ2) is 12.3. The number of rotatable bonds is 8. The number of hydrogen-bond donors (Lipinski definition) is 5. The number of carbonyl (C=O) groups is 1. The number of aliphatic hydroxyl groups excluding tert-OH is 5. The average molecular weight is 633 g/mol. The summed E-state index contributed by atoms with van der Waals surface area (Å²) in [7, 11) is 0. The van der Waals surface area contributed by atoms with Crippen molar-refractivity contribution in [3.05, 3.63) is 23.3 Å². The average Bonchev–Trinajstić information content (AvgIpc) is 3.26. The van der Waals surface area contributed by atoms with E-state index in [9.17, 15) is 30.3 Å². The normalized spacial score (nSPS) is 45.0. The van der Waals surface area contributed by atoms with Gasteiger partial charge in [0.05, 0.1) is 18.6 Å². The lowest BCUT2D eigenvalue weighted by molar-refractivity contribution is -0.292. The molecule has 5 aliphatic rings. The lowest BCUT2D eigenvalue weighted by atomic mass is 9.43. The first-order chi connectivity index (χ1) is 20.9. The van der Waals surface area contributed by atoms with Crippen LogP contribution in [0.3, 0.4) is 0 Å². The van der Waals surface area contributed by atoms with Gasteiger partial charge < -0.3 is 35.0 Å². The molecule has 0 spiro atoms. The summed E-state index contributed by atoms with van der Waals surface area (Å²) in [6.07, 6.45) is 1.42. The van der Waals surface area contributed by atoms with Gasteiger partial charge in [-0.1, -0.05) is 71.8 Å². The van der Waals surface area contributed by atoms with Crippen LogP contribution in [0.4, 0.5) is 0 Å². The Morgan fingerprint density at radius 1 is 0.956 bits per heavy atom. The van der Waals surface area contributed by atoms with Crippen molar-refractivity contribution >= 4 is 5.97 Å². The Morgan fingerprint density at radius 3 is 2.29 bits per heavy atom. The smallest absolute Gasteiger partial charge is 0.309 e. The van der Waals surface area contributed by atoms with E-state index in [1.165, 1.54) is 0 Å². The van der Waals surface area contributed by atoms with Crippen molar-refractivity contribution in [3.63, 3.8) is 0 Å². The summed E-state index contributed by atoms with van der Waals surface area (Å²) in [4.78, 5) is 14.2. The first kappa shape index (κ1) is 35.0. The number of hydrogen-bond acceptors (Lipinski definition) is 8. The van der Waals surface area contributed by atoms with Gasteiger partial charge in [-0.15, -0.1) is 0 Å². The first-order valence-electron chi connectivity index (χ1n) is 17.5. The summed E-state index contributed by atoms with van der Waals surface area (Å²) in [5.41, 5.74) is 4.02. The van der Waals surface area contributed by atoms with Crippen LogP contribution in [0.2, 0.25) is 0 Å². The summed E-state index contributed by atoms with van der Waals surface area (Å²) >= 11 is 0. The summed E-state index contributed by atoms with van der Waals surface area (Å²) in [6, 6.07) is 0. The molecule has 0 amide bonds. The fraction of sp³-hybridized carbons (Fsp3) is 0.865. The number of fused-ring (bicyclic) bond motifs is 4. The molecule has 0 aromatic heterocycles. The van der Waals surface area contributed by atoms with Crippen molar-refractivity contribution < 1.29 is 39.8 Å². The van der Waals surface area contributed by atoms with Crippen LogP contribution in [0.25, 0.3) is 0 Å². The van der Waals surface area contributed by atoms with Crippen LogP contribution in [-0.2, 0) is 14.3 Å². The van der Waals surface area contributed by atoms with Gasteiger partial charge in [0.25, 0.3) is 0 Å². The molecule has 5 rings (SSSR count). The highest BCUT2D eigenvalue weighted by Gasteiger charge is 2.64. The lowest BCUT2D eigenvalue weighted by Crippen LogP contribution is -2.60.